The largest absolute Gasteiger partial charge is 0.355 e. The Morgan fingerprint density at radius 3 is 2.73 bits per heavy atom. The predicted molar refractivity (Wildman–Crippen MR) is 97.3 cm³/mol. The fourth-order valence-corrected chi connectivity index (χ4v) is 3.33. The lowest BCUT2D eigenvalue weighted by Crippen LogP contribution is -2.39. The van der Waals surface area contributed by atoms with Crippen LogP contribution in [-0.2, 0) is 9.59 Å². The molecule has 7 heteroatoms. The maximum absolute atomic E-state index is 12.4. The summed E-state index contributed by atoms with van der Waals surface area (Å²) in [4.78, 5) is 26.0. The van der Waals surface area contributed by atoms with E-state index in [1.807, 2.05) is 31.2 Å². The Morgan fingerprint density at radius 1 is 1.41 bits per heavy atom. The van der Waals surface area contributed by atoms with Crippen molar-refractivity contribution in [3.05, 3.63) is 39.2 Å². The summed E-state index contributed by atoms with van der Waals surface area (Å²) in [6, 6.07) is 7.63. The Balaban J connectivity index is 2.08. The Morgan fingerprint density at radius 2 is 2.09 bits per heavy atom. The maximum Gasteiger partial charge on any atom is 0.266 e. The Hall–Kier alpha value is -1.18. The molecule has 0 spiro atoms. The van der Waals surface area contributed by atoms with Crippen LogP contribution in [0.4, 0.5) is 0 Å². The summed E-state index contributed by atoms with van der Waals surface area (Å²) in [6.07, 6.45) is 2.64. The molecule has 0 aromatic heterocycles. The Labute approximate surface area is 147 Å². The van der Waals surface area contributed by atoms with Crippen LogP contribution in [0.3, 0.4) is 0 Å². The summed E-state index contributed by atoms with van der Waals surface area (Å²) in [5.74, 6) is -0.410. The van der Waals surface area contributed by atoms with Crippen molar-refractivity contribution in [1.29, 1.82) is 0 Å². The molecule has 2 amide bonds. The van der Waals surface area contributed by atoms with E-state index in [0.29, 0.717) is 15.8 Å². The molecular weight excluding hydrogens is 384 g/mol. The van der Waals surface area contributed by atoms with Crippen LogP contribution < -0.4 is 5.32 Å². The Kier molecular flexibility index (Phi) is 6.16. The highest BCUT2D eigenvalue weighted by molar-refractivity contribution is 9.10. The molecule has 0 aliphatic carbocycles. The highest BCUT2D eigenvalue weighted by atomic mass is 79.9. The summed E-state index contributed by atoms with van der Waals surface area (Å²) >= 11 is 9.80. The molecule has 22 heavy (non-hydrogen) atoms. The van der Waals surface area contributed by atoms with Crippen molar-refractivity contribution in [3.63, 3.8) is 0 Å². The second kappa shape index (κ2) is 7.89. The lowest BCUT2D eigenvalue weighted by molar-refractivity contribution is -0.128. The Bertz CT molecular complexity index is 629. The van der Waals surface area contributed by atoms with Gasteiger partial charge in [0.2, 0.25) is 5.91 Å². The van der Waals surface area contributed by atoms with E-state index in [0.717, 1.165) is 16.5 Å². The van der Waals surface area contributed by atoms with Crippen LogP contribution in [-0.4, -0.2) is 34.1 Å². The normalized spacial score (nSPS) is 16.5. The molecule has 0 atom stereocenters. The number of benzene rings is 1. The molecule has 1 aliphatic rings. The van der Waals surface area contributed by atoms with Crippen molar-refractivity contribution in [1.82, 2.24) is 10.2 Å². The van der Waals surface area contributed by atoms with E-state index in [2.05, 4.69) is 21.2 Å². The second-order valence-corrected chi connectivity index (χ2v) is 7.26. The molecule has 1 aromatic carbocycles. The van der Waals surface area contributed by atoms with Gasteiger partial charge in [0, 0.05) is 11.0 Å². The molecule has 0 saturated carbocycles. The van der Waals surface area contributed by atoms with E-state index >= 15 is 0 Å². The average molecular weight is 399 g/mol. The first kappa shape index (κ1) is 17.2. The highest BCUT2D eigenvalue weighted by Crippen LogP contribution is 2.32. The van der Waals surface area contributed by atoms with Gasteiger partial charge >= 0.3 is 0 Å². The molecular formula is C15H15BrN2O2S2. The topological polar surface area (TPSA) is 49.4 Å². The second-order valence-electron chi connectivity index (χ2n) is 4.67. The van der Waals surface area contributed by atoms with Gasteiger partial charge in [-0.2, -0.15) is 0 Å². The third-order valence-electron chi connectivity index (χ3n) is 2.92. The molecule has 0 bridgehead atoms. The molecule has 1 saturated heterocycles. The van der Waals surface area contributed by atoms with Crippen LogP contribution in [0.2, 0.25) is 0 Å². The van der Waals surface area contributed by atoms with Gasteiger partial charge in [-0.3, -0.25) is 14.5 Å². The molecule has 1 aliphatic heterocycles. The van der Waals surface area contributed by atoms with Gasteiger partial charge in [-0.25, -0.2) is 0 Å². The van der Waals surface area contributed by atoms with Crippen molar-refractivity contribution in [3.8, 4) is 0 Å². The van der Waals surface area contributed by atoms with Crippen molar-refractivity contribution < 1.29 is 9.59 Å². The van der Waals surface area contributed by atoms with Crippen molar-refractivity contribution in [2.75, 3.05) is 13.1 Å². The molecule has 116 valence electrons. The fraction of sp³-hybridized carbons (Fsp3) is 0.267. The molecule has 0 unspecified atom stereocenters. The van der Waals surface area contributed by atoms with Crippen LogP contribution >= 0.6 is 39.9 Å². The van der Waals surface area contributed by atoms with E-state index in [9.17, 15) is 9.59 Å². The lowest BCUT2D eigenvalue weighted by Gasteiger charge is -2.13. The van der Waals surface area contributed by atoms with Gasteiger partial charge in [-0.15, -0.1) is 0 Å². The lowest BCUT2D eigenvalue weighted by atomic mass is 10.2. The zero-order chi connectivity index (χ0) is 16.1. The van der Waals surface area contributed by atoms with Gasteiger partial charge in [0.15, 0.2) is 0 Å². The number of rotatable bonds is 5. The first-order valence-electron chi connectivity index (χ1n) is 6.79. The number of carbonyl (C=O) groups is 2. The summed E-state index contributed by atoms with van der Waals surface area (Å²) in [5, 5.41) is 2.74. The van der Waals surface area contributed by atoms with Gasteiger partial charge in [-0.1, -0.05) is 59.0 Å². The fourth-order valence-electron chi connectivity index (χ4n) is 1.81. The van der Waals surface area contributed by atoms with Crippen LogP contribution in [0.15, 0.2) is 33.6 Å². The summed E-state index contributed by atoms with van der Waals surface area (Å²) in [5.41, 5.74) is 0.916. The number of nitrogens with one attached hydrogen (secondary N) is 1. The highest BCUT2D eigenvalue weighted by Gasteiger charge is 2.33. The number of thioether (sulfide) groups is 1. The standard InChI is InChI=1S/C15H15BrN2O2S2/c1-2-7-17-13(19)9-18-14(20)12(22-15(18)21)8-10-3-5-11(16)6-4-10/h3-6,8H,2,7,9H2,1H3,(H,17,19). The molecule has 4 nitrogen and oxygen atoms in total. The van der Waals surface area contributed by atoms with Crippen LogP contribution in [0.5, 0.6) is 0 Å². The number of nitrogens with zero attached hydrogens (tertiary/aromatic N) is 1. The van der Waals surface area contributed by atoms with Crippen LogP contribution in [0.25, 0.3) is 6.08 Å². The third-order valence-corrected chi connectivity index (χ3v) is 4.82. The van der Waals surface area contributed by atoms with Crippen LogP contribution in [0.1, 0.15) is 18.9 Å². The van der Waals surface area contributed by atoms with E-state index in [1.54, 1.807) is 6.08 Å². The number of thiocarbonyl (C=S) groups is 1. The van der Waals surface area contributed by atoms with E-state index in [1.165, 1.54) is 16.7 Å². The molecule has 1 heterocycles. The van der Waals surface area contributed by atoms with E-state index in [4.69, 9.17) is 12.2 Å². The van der Waals surface area contributed by atoms with Crippen LogP contribution in [0, 0.1) is 0 Å². The van der Waals surface area contributed by atoms with Gasteiger partial charge in [-0.05, 0) is 30.2 Å². The number of amides is 2. The summed E-state index contributed by atoms with van der Waals surface area (Å²) in [7, 11) is 0. The zero-order valence-corrected chi connectivity index (χ0v) is 15.2. The SMILES string of the molecule is CCCNC(=O)CN1C(=O)C(=Cc2ccc(Br)cc2)SC1=S. The minimum absolute atomic E-state index is 0.0255. The third kappa shape index (κ3) is 4.41. The number of carbonyl (C=O) groups excluding carboxylic acids is 2. The summed E-state index contributed by atoms with van der Waals surface area (Å²) in [6.45, 7) is 2.55. The smallest absolute Gasteiger partial charge is 0.266 e. The number of halogens is 1. The monoisotopic (exact) mass is 398 g/mol. The quantitative estimate of drug-likeness (QED) is 0.611. The molecule has 1 fully saturated rings. The van der Waals surface area contributed by atoms with Gasteiger partial charge in [0.25, 0.3) is 5.91 Å². The van der Waals surface area contributed by atoms with E-state index < -0.39 is 0 Å². The summed E-state index contributed by atoms with van der Waals surface area (Å²) < 4.78 is 1.39. The van der Waals surface area contributed by atoms with Gasteiger partial charge < -0.3 is 5.32 Å². The zero-order valence-electron chi connectivity index (χ0n) is 12.0. The number of hydrogen-bond donors (Lipinski definition) is 1. The first-order valence-corrected chi connectivity index (χ1v) is 8.80. The molecule has 0 radical (unpaired) electrons. The molecule has 1 aromatic rings. The maximum atomic E-state index is 12.4. The van der Waals surface area contributed by atoms with Gasteiger partial charge in [0.05, 0.1) is 4.91 Å². The van der Waals surface area contributed by atoms with Gasteiger partial charge in [0.1, 0.15) is 10.9 Å². The minimum atomic E-state index is -0.218. The molecule has 1 N–H and O–H groups in total. The van der Waals surface area contributed by atoms with Crippen molar-refractivity contribution in [2.45, 2.75) is 13.3 Å². The van der Waals surface area contributed by atoms with Crippen molar-refractivity contribution in [2.24, 2.45) is 0 Å². The predicted octanol–water partition coefficient (Wildman–Crippen LogP) is 3.18. The van der Waals surface area contributed by atoms with Crippen molar-refractivity contribution >= 4 is 62.1 Å². The first-order chi connectivity index (χ1) is 10.5. The number of hydrogen-bond acceptors (Lipinski definition) is 4. The average Bonchev–Trinajstić information content (AvgIpc) is 2.75. The minimum Gasteiger partial charge on any atom is -0.355 e. The molecule has 2 rings (SSSR count). The van der Waals surface area contributed by atoms with E-state index in [-0.39, 0.29) is 18.4 Å².